The lowest BCUT2D eigenvalue weighted by Crippen LogP contribution is -2.40. The van der Waals surface area contributed by atoms with Crippen LogP contribution in [0.1, 0.15) is 38.9 Å². The maximum absolute atomic E-state index is 12.8. The van der Waals surface area contributed by atoms with E-state index in [4.69, 9.17) is 10.5 Å². The summed E-state index contributed by atoms with van der Waals surface area (Å²) in [5.41, 5.74) is 15.0. The number of fused-ring (bicyclic) bond motifs is 2. The first kappa shape index (κ1) is 32.1. The van der Waals surface area contributed by atoms with Crippen molar-refractivity contribution < 1.29 is 19.1 Å². The Morgan fingerprint density at radius 1 is 0.604 bits per heavy atom. The van der Waals surface area contributed by atoms with Crippen LogP contribution in [0.5, 0.6) is 0 Å². The Morgan fingerprint density at radius 3 is 1.62 bits per heavy atom. The maximum Gasteiger partial charge on any atom is 0.408 e. The zero-order chi connectivity index (χ0) is 33.3. The quantitative estimate of drug-likeness (QED) is 0.215. The lowest BCUT2D eigenvalue weighted by molar-refractivity contribution is -0.119. The molecule has 48 heavy (non-hydrogen) atoms. The van der Waals surface area contributed by atoms with Crippen LogP contribution in [0.2, 0.25) is 0 Å². The first-order valence-electron chi connectivity index (χ1n) is 16.0. The van der Waals surface area contributed by atoms with Gasteiger partial charge in [0.25, 0.3) is 0 Å². The lowest BCUT2D eigenvalue weighted by atomic mass is 9.94. The number of Topliss-reactive ketones (excluding diaryl/α,β-unsaturated/α-hetero) is 2. The van der Waals surface area contributed by atoms with Crippen LogP contribution in [0.3, 0.4) is 0 Å². The van der Waals surface area contributed by atoms with Gasteiger partial charge in [-0.25, -0.2) is 4.79 Å². The van der Waals surface area contributed by atoms with Crippen molar-refractivity contribution in [2.24, 2.45) is 5.73 Å². The number of benzene rings is 5. The SMILES string of the molecule is NC1C=C(c2ccccc2)c2ccccc2CC1=O.O=C(NC1C=C(c2ccccc2)c2ccccc2CC1=O)OCc1ccccc1. The molecule has 0 saturated carbocycles. The first-order chi connectivity index (χ1) is 23.5. The van der Waals surface area contributed by atoms with Gasteiger partial charge in [0, 0.05) is 12.8 Å². The van der Waals surface area contributed by atoms with Crippen LogP contribution in [-0.4, -0.2) is 29.7 Å². The molecule has 5 aromatic rings. The summed E-state index contributed by atoms with van der Waals surface area (Å²) in [4.78, 5) is 37.2. The average molecular weight is 633 g/mol. The highest BCUT2D eigenvalue weighted by atomic mass is 16.5. The van der Waals surface area contributed by atoms with Crippen LogP contribution in [0.4, 0.5) is 4.79 Å². The molecule has 0 radical (unpaired) electrons. The van der Waals surface area contributed by atoms with Crippen LogP contribution >= 0.6 is 0 Å². The molecule has 6 nitrogen and oxygen atoms in total. The maximum atomic E-state index is 12.8. The second-order valence-corrected chi connectivity index (χ2v) is 11.7. The topological polar surface area (TPSA) is 98.5 Å². The molecule has 0 heterocycles. The number of carbonyl (C=O) groups excluding carboxylic acids is 3. The van der Waals surface area contributed by atoms with E-state index in [1.165, 1.54) is 0 Å². The van der Waals surface area contributed by atoms with Gasteiger partial charge in [0.15, 0.2) is 11.6 Å². The monoisotopic (exact) mass is 632 g/mol. The predicted octanol–water partition coefficient (Wildman–Crippen LogP) is 7.11. The fraction of sp³-hybridized carbons (Fsp3) is 0.119. The first-order valence-corrected chi connectivity index (χ1v) is 16.0. The Morgan fingerprint density at radius 2 is 1.06 bits per heavy atom. The zero-order valence-electron chi connectivity index (χ0n) is 26.4. The molecule has 0 aliphatic heterocycles. The van der Waals surface area contributed by atoms with Crippen molar-refractivity contribution in [3.63, 3.8) is 0 Å². The van der Waals surface area contributed by atoms with E-state index >= 15 is 0 Å². The highest BCUT2D eigenvalue weighted by Gasteiger charge is 2.26. The van der Waals surface area contributed by atoms with Gasteiger partial charge in [0.2, 0.25) is 0 Å². The van der Waals surface area contributed by atoms with Crippen LogP contribution in [-0.2, 0) is 33.8 Å². The van der Waals surface area contributed by atoms with Gasteiger partial charge in [0.1, 0.15) is 12.6 Å². The number of rotatable bonds is 5. The number of alkyl carbamates (subject to hydrolysis) is 1. The summed E-state index contributed by atoms with van der Waals surface area (Å²) in [5.74, 6) is -0.00146. The molecule has 2 aliphatic rings. The van der Waals surface area contributed by atoms with Gasteiger partial charge < -0.3 is 15.8 Å². The number of ether oxygens (including phenoxy) is 1. The normalized spacial score (nSPS) is 16.8. The van der Waals surface area contributed by atoms with Crippen LogP contribution < -0.4 is 11.1 Å². The Hall–Kier alpha value is -5.85. The Labute approximate surface area is 280 Å². The third-order valence-electron chi connectivity index (χ3n) is 8.40. The Bertz CT molecular complexity index is 1970. The molecule has 5 aromatic carbocycles. The largest absolute Gasteiger partial charge is 0.445 e. The summed E-state index contributed by atoms with van der Waals surface area (Å²) >= 11 is 0. The molecule has 0 spiro atoms. The number of hydrogen-bond donors (Lipinski definition) is 2. The molecule has 0 aromatic heterocycles. The molecular weight excluding hydrogens is 596 g/mol. The minimum Gasteiger partial charge on any atom is -0.445 e. The molecule has 7 rings (SSSR count). The predicted molar refractivity (Wildman–Crippen MR) is 189 cm³/mol. The molecule has 3 N–H and O–H groups in total. The molecule has 2 aliphatic carbocycles. The molecule has 6 heteroatoms. The van der Waals surface area contributed by atoms with E-state index in [0.717, 1.165) is 50.1 Å². The second-order valence-electron chi connectivity index (χ2n) is 11.7. The summed E-state index contributed by atoms with van der Waals surface area (Å²) < 4.78 is 5.31. The zero-order valence-corrected chi connectivity index (χ0v) is 26.4. The van der Waals surface area contributed by atoms with Crippen molar-refractivity contribution in [2.75, 3.05) is 0 Å². The van der Waals surface area contributed by atoms with Gasteiger partial charge in [-0.2, -0.15) is 0 Å². The van der Waals surface area contributed by atoms with E-state index in [1.54, 1.807) is 0 Å². The summed E-state index contributed by atoms with van der Waals surface area (Å²) in [5, 5.41) is 2.73. The van der Waals surface area contributed by atoms with Crippen molar-refractivity contribution in [3.8, 4) is 0 Å². The number of nitrogens with one attached hydrogen (secondary N) is 1. The van der Waals surface area contributed by atoms with Crippen molar-refractivity contribution in [1.29, 1.82) is 0 Å². The van der Waals surface area contributed by atoms with Gasteiger partial charge in [-0.3, -0.25) is 9.59 Å². The highest BCUT2D eigenvalue weighted by molar-refractivity contribution is 5.98. The van der Waals surface area contributed by atoms with E-state index in [9.17, 15) is 14.4 Å². The molecule has 238 valence electrons. The summed E-state index contributed by atoms with van der Waals surface area (Å²) in [6.07, 6.45) is 3.76. The summed E-state index contributed by atoms with van der Waals surface area (Å²) in [7, 11) is 0. The van der Waals surface area contributed by atoms with Gasteiger partial charge in [-0.05, 0) is 56.2 Å². The van der Waals surface area contributed by atoms with Crippen LogP contribution in [0.15, 0.2) is 152 Å². The van der Waals surface area contributed by atoms with Gasteiger partial charge in [-0.15, -0.1) is 0 Å². The van der Waals surface area contributed by atoms with Gasteiger partial charge in [-0.1, -0.05) is 146 Å². The highest BCUT2D eigenvalue weighted by Crippen LogP contribution is 2.31. The van der Waals surface area contributed by atoms with E-state index in [1.807, 2.05) is 146 Å². The molecule has 0 fully saturated rings. The number of carbonyl (C=O) groups is 3. The Kier molecular flexibility index (Phi) is 10.1. The third kappa shape index (κ3) is 7.74. The van der Waals surface area contributed by atoms with Crippen LogP contribution in [0.25, 0.3) is 11.1 Å². The average Bonchev–Trinajstić information content (AvgIpc) is 3.35. The van der Waals surface area contributed by atoms with E-state index < -0.39 is 18.2 Å². The Balaban J connectivity index is 0.000000182. The second kappa shape index (κ2) is 15.2. The fourth-order valence-corrected chi connectivity index (χ4v) is 5.94. The van der Waals surface area contributed by atoms with E-state index in [-0.39, 0.29) is 24.6 Å². The van der Waals surface area contributed by atoms with Gasteiger partial charge in [0.05, 0.1) is 6.04 Å². The van der Waals surface area contributed by atoms with E-state index in [0.29, 0.717) is 6.42 Å². The standard InChI is InChI=1S/C25H21NO3.C17H15NO/c27-24-15-20-13-7-8-14-21(20)22(19-11-5-2-6-12-19)16-23(24)26-25(28)29-17-18-9-3-1-4-10-18;18-16-11-15(12-6-2-1-3-7-12)14-9-5-4-8-13(14)10-17(16)19/h1-14,16,23H,15,17H2,(H,26,28);1-9,11,16H,10,18H2. The fourth-order valence-electron chi connectivity index (χ4n) is 5.94. The van der Waals surface area contributed by atoms with Crippen LogP contribution in [0, 0.1) is 0 Å². The minimum absolute atomic E-state index is 0.0679. The molecule has 0 saturated heterocycles. The summed E-state index contributed by atoms with van der Waals surface area (Å²) in [6.45, 7) is 0.156. The summed E-state index contributed by atoms with van der Waals surface area (Å²) in [6, 6.07) is 44.0. The van der Waals surface area contributed by atoms with Crippen molar-refractivity contribution >= 4 is 28.8 Å². The third-order valence-corrected chi connectivity index (χ3v) is 8.40. The molecule has 0 bridgehead atoms. The minimum atomic E-state index is -0.749. The van der Waals surface area contributed by atoms with Crippen molar-refractivity contribution in [1.82, 2.24) is 5.32 Å². The number of ketones is 2. The van der Waals surface area contributed by atoms with Gasteiger partial charge >= 0.3 is 6.09 Å². The smallest absolute Gasteiger partial charge is 0.408 e. The number of amides is 1. The lowest BCUT2D eigenvalue weighted by Gasteiger charge is -2.14. The van der Waals surface area contributed by atoms with Crippen molar-refractivity contribution in [3.05, 3.63) is 191 Å². The van der Waals surface area contributed by atoms with E-state index in [2.05, 4.69) is 11.4 Å². The molecule has 2 atom stereocenters. The molecular formula is C42H36N2O4. The number of hydrogen-bond acceptors (Lipinski definition) is 5. The molecule has 1 amide bonds. The number of nitrogens with two attached hydrogens (primary N) is 1. The van der Waals surface area contributed by atoms with Crippen molar-refractivity contribution in [2.45, 2.75) is 31.5 Å². The molecule has 2 unspecified atom stereocenters.